The Morgan fingerprint density at radius 3 is 2.55 bits per heavy atom. The van der Waals surface area contributed by atoms with Crippen LogP contribution in [0.4, 0.5) is 10.5 Å². The Balaban J connectivity index is 1.43. The molecule has 1 saturated heterocycles. The molecular formula is C24H29N3O4. The van der Waals surface area contributed by atoms with Crippen LogP contribution in [0.3, 0.4) is 0 Å². The Hall–Kier alpha value is -3.22. The highest BCUT2D eigenvalue weighted by Crippen LogP contribution is 2.35. The summed E-state index contributed by atoms with van der Waals surface area (Å²) in [5.41, 5.74) is 2.75. The molecule has 3 amide bonds. The predicted molar refractivity (Wildman–Crippen MR) is 118 cm³/mol. The fraction of sp³-hybridized carbons (Fsp3) is 0.417. The number of methoxy groups -OCH3 is 1. The van der Waals surface area contributed by atoms with Gasteiger partial charge in [0.15, 0.2) is 11.5 Å². The van der Waals surface area contributed by atoms with Crippen LogP contribution < -0.4 is 20.1 Å². The molecule has 7 nitrogen and oxygen atoms in total. The lowest BCUT2D eigenvalue weighted by molar-refractivity contribution is -0.114. The monoisotopic (exact) mass is 423 g/mol. The van der Waals surface area contributed by atoms with Crippen molar-refractivity contribution in [3.63, 3.8) is 0 Å². The fourth-order valence-corrected chi connectivity index (χ4v) is 4.22. The quantitative estimate of drug-likeness (QED) is 0.698. The number of anilines is 1. The number of benzene rings is 2. The molecule has 1 atom stereocenters. The summed E-state index contributed by atoms with van der Waals surface area (Å²) in [7, 11) is 1.65. The van der Waals surface area contributed by atoms with Crippen LogP contribution in [-0.4, -0.2) is 36.6 Å². The summed E-state index contributed by atoms with van der Waals surface area (Å²) in [6, 6.07) is 13.2. The van der Waals surface area contributed by atoms with Crippen molar-refractivity contribution in [1.82, 2.24) is 10.2 Å². The van der Waals surface area contributed by atoms with Crippen molar-refractivity contribution in [1.29, 1.82) is 0 Å². The molecular weight excluding hydrogens is 394 g/mol. The summed E-state index contributed by atoms with van der Waals surface area (Å²) in [6.07, 6.45) is 4.78. The van der Waals surface area contributed by atoms with E-state index in [1.807, 2.05) is 42.5 Å². The number of urea groups is 1. The van der Waals surface area contributed by atoms with Crippen LogP contribution in [0.5, 0.6) is 11.5 Å². The smallest absolute Gasteiger partial charge is 0.318 e. The third-order valence-electron chi connectivity index (χ3n) is 5.82. The van der Waals surface area contributed by atoms with E-state index in [1.54, 1.807) is 12.0 Å². The number of carbonyl (C=O) groups is 2. The van der Waals surface area contributed by atoms with Crippen LogP contribution >= 0.6 is 0 Å². The van der Waals surface area contributed by atoms with Crippen molar-refractivity contribution in [3.8, 4) is 11.5 Å². The number of hydrogen-bond acceptors (Lipinski definition) is 4. The van der Waals surface area contributed by atoms with E-state index in [0.717, 1.165) is 41.2 Å². The summed E-state index contributed by atoms with van der Waals surface area (Å²) in [6.45, 7) is 2.55. The molecule has 2 N–H and O–H groups in total. The van der Waals surface area contributed by atoms with E-state index in [1.165, 1.54) is 19.8 Å². The Bertz CT molecular complexity index is 938. The number of rotatable bonds is 7. The minimum Gasteiger partial charge on any atom is -0.493 e. The Kier molecular flexibility index (Phi) is 6.30. The second-order valence-electron chi connectivity index (χ2n) is 8.20. The number of ether oxygens (including phenoxy) is 2. The summed E-state index contributed by atoms with van der Waals surface area (Å²) < 4.78 is 11.7. The average Bonchev–Trinajstić information content (AvgIpc) is 3.39. The highest BCUT2D eigenvalue weighted by Gasteiger charge is 2.30. The van der Waals surface area contributed by atoms with Crippen molar-refractivity contribution in [3.05, 3.63) is 53.6 Å². The van der Waals surface area contributed by atoms with Crippen molar-refractivity contribution in [2.75, 3.05) is 19.0 Å². The molecule has 1 heterocycles. The molecule has 1 saturated carbocycles. The first kappa shape index (κ1) is 21.0. The van der Waals surface area contributed by atoms with Gasteiger partial charge in [-0.2, -0.15) is 0 Å². The molecule has 2 aliphatic rings. The zero-order chi connectivity index (χ0) is 21.8. The lowest BCUT2D eigenvalue weighted by Crippen LogP contribution is -2.27. The minimum absolute atomic E-state index is 0.0926. The first-order valence-corrected chi connectivity index (χ1v) is 10.8. The van der Waals surface area contributed by atoms with E-state index < -0.39 is 0 Å². The highest BCUT2D eigenvalue weighted by molar-refractivity contribution is 5.88. The van der Waals surface area contributed by atoms with E-state index in [0.29, 0.717) is 13.1 Å². The van der Waals surface area contributed by atoms with Gasteiger partial charge >= 0.3 is 6.03 Å². The molecule has 0 unspecified atom stereocenters. The normalized spacial score (nSPS) is 18.7. The van der Waals surface area contributed by atoms with E-state index in [2.05, 4.69) is 10.6 Å². The highest BCUT2D eigenvalue weighted by atomic mass is 16.5. The van der Waals surface area contributed by atoms with Gasteiger partial charge in [-0.1, -0.05) is 18.2 Å². The maximum absolute atomic E-state index is 12.6. The third kappa shape index (κ3) is 5.10. The molecule has 164 valence electrons. The summed E-state index contributed by atoms with van der Waals surface area (Å²) in [5, 5.41) is 5.82. The first-order valence-electron chi connectivity index (χ1n) is 10.8. The van der Waals surface area contributed by atoms with Gasteiger partial charge in [-0.25, -0.2) is 4.79 Å². The van der Waals surface area contributed by atoms with Gasteiger partial charge in [-0.3, -0.25) is 4.79 Å². The first-order chi connectivity index (χ1) is 15.0. The van der Waals surface area contributed by atoms with Gasteiger partial charge in [-0.15, -0.1) is 0 Å². The van der Waals surface area contributed by atoms with Crippen LogP contribution in [-0.2, 0) is 11.3 Å². The second kappa shape index (κ2) is 9.29. The van der Waals surface area contributed by atoms with E-state index in [4.69, 9.17) is 9.47 Å². The van der Waals surface area contributed by atoms with Crippen molar-refractivity contribution >= 4 is 17.6 Å². The van der Waals surface area contributed by atoms with Crippen LogP contribution in [0.15, 0.2) is 42.5 Å². The zero-order valence-electron chi connectivity index (χ0n) is 18.0. The number of amides is 3. The fourth-order valence-electron chi connectivity index (χ4n) is 4.22. The number of carbonyl (C=O) groups excluding carboxylic acids is 2. The Morgan fingerprint density at radius 2 is 1.87 bits per heavy atom. The van der Waals surface area contributed by atoms with Crippen LogP contribution in [0.1, 0.15) is 49.8 Å². The van der Waals surface area contributed by atoms with Crippen molar-refractivity contribution in [2.24, 2.45) is 0 Å². The topological polar surface area (TPSA) is 79.9 Å². The largest absolute Gasteiger partial charge is 0.493 e. The van der Waals surface area contributed by atoms with Gasteiger partial charge in [0.05, 0.1) is 19.3 Å². The van der Waals surface area contributed by atoms with E-state index in [9.17, 15) is 9.59 Å². The lowest BCUT2D eigenvalue weighted by atomic mass is 10.1. The van der Waals surface area contributed by atoms with Crippen LogP contribution in [0.2, 0.25) is 0 Å². The number of hydrogen-bond donors (Lipinski definition) is 2. The molecule has 0 spiro atoms. The molecule has 31 heavy (non-hydrogen) atoms. The lowest BCUT2D eigenvalue weighted by Gasteiger charge is -2.19. The van der Waals surface area contributed by atoms with Gasteiger partial charge < -0.3 is 25.0 Å². The SMILES string of the molecule is COc1ccc([C@H]2CN(Cc3ccc(NC(C)=O)cc3)C(=O)N2)cc1OC1CCCC1. The maximum Gasteiger partial charge on any atom is 0.318 e. The summed E-state index contributed by atoms with van der Waals surface area (Å²) >= 11 is 0. The van der Waals surface area contributed by atoms with Gasteiger partial charge in [0.1, 0.15) is 0 Å². The molecule has 2 aromatic rings. The molecule has 7 heteroatoms. The molecule has 1 aliphatic heterocycles. The molecule has 2 fully saturated rings. The molecule has 2 aromatic carbocycles. The van der Waals surface area contributed by atoms with Crippen LogP contribution in [0.25, 0.3) is 0 Å². The minimum atomic E-state index is -0.108. The van der Waals surface area contributed by atoms with E-state index in [-0.39, 0.29) is 24.1 Å². The number of nitrogens with one attached hydrogen (secondary N) is 2. The summed E-state index contributed by atoms with van der Waals surface area (Å²) in [4.78, 5) is 25.5. The molecule has 1 aliphatic carbocycles. The Morgan fingerprint density at radius 1 is 1.13 bits per heavy atom. The second-order valence-corrected chi connectivity index (χ2v) is 8.20. The molecule has 0 radical (unpaired) electrons. The summed E-state index contributed by atoms with van der Waals surface area (Å²) in [5.74, 6) is 1.36. The van der Waals surface area contributed by atoms with Gasteiger partial charge in [-0.05, 0) is 61.1 Å². The predicted octanol–water partition coefficient (Wildman–Crippen LogP) is 4.24. The van der Waals surface area contributed by atoms with Gasteiger partial charge in [0, 0.05) is 25.7 Å². The standard InChI is InChI=1S/C24H29N3O4/c1-16(28)25-19-10-7-17(8-11-19)14-27-15-21(26-24(27)29)18-9-12-22(30-2)23(13-18)31-20-5-3-4-6-20/h7-13,20-21H,3-6,14-15H2,1-2H3,(H,25,28)(H,26,29)/t21-/m1/s1. The molecule has 0 bridgehead atoms. The van der Waals surface area contributed by atoms with E-state index >= 15 is 0 Å². The number of nitrogens with zero attached hydrogens (tertiary/aromatic N) is 1. The van der Waals surface area contributed by atoms with Gasteiger partial charge in [0.25, 0.3) is 0 Å². The zero-order valence-corrected chi connectivity index (χ0v) is 18.0. The van der Waals surface area contributed by atoms with Gasteiger partial charge in [0.2, 0.25) is 5.91 Å². The Labute approximate surface area is 182 Å². The van der Waals surface area contributed by atoms with Crippen molar-refractivity contribution < 1.29 is 19.1 Å². The molecule has 4 rings (SSSR count). The average molecular weight is 424 g/mol. The maximum atomic E-state index is 12.6. The third-order valence-corrected chi connectivity index (χ3v) is 5.82. The molecule has 0 aromatic heterocycles. The van der Waals surface area contributed by atoms with Crippen molar-refractivity contribution in [2.45, 2.75) is 51.3 Å². The van der Waals surface area contributed by atoms with Crippen LogP contribution in [0, 0.1) is 0 Å².